The lowest BCUT2D eigenvalue weighted by molar-refractivity contribution is -0.151. The summed E-state index contributed by atoms with van der Waals surface area (Å²) in [4.78, 5) is 15.0. The topological polar surface area (TPSA) is 53.4 Å². The molecule has 0 saturated heterocycles. The smallest absolute Gasteiger partial charge is 0.347 e. The largest absolute Gasteiger partial charge is 0.463 e. The molecule has 6 heteroatoms. The molecule has 0 fully saturated rings. The third-order valence-electron chi connectivity index (χ3n) is 1.61. The van der Waals surface area contributed by atoms with Crippen LogP contribution in [0.5, 0.6) is 0 Å². The Morgan fingerprint density at radius 1 is 1.67 bits per heavy atom. The maximum Gasteiger partial charge on any atom is 0.347 e. The highest BCUT2D eigenvalue weighted by atomic mass is 32.1. The number of aromatic nitrogens is 2. The van der Waals surface area contributed by atoms with Crippen LogP contribution in [0.15, 0.2) is 18.7 Å². The minimum atomic E-state index is -0.708. The molecular weight excluding hydrogens is 216 g/mol. The average molecular weight is 228 g/mol. The predicted molar refractivity (Wildman–Crippen MR) is 57.4 cm³/mol. The van der Waals surface area contributed by atoms with Crippen LogP contribution in [0.3, 0.4) is 0 Å². The molecule has 1 aromatic heterocycles. The Kier molecular flexibility index (Phi) is 4.23. The fraction of sp³-hybridized carbons (Fsp3) is 0.444. The standard InChI is InChI=1S/C9H12N2O3S/c1-3-13-8(12)7(2)14-9(15)11-5-4-10-6-11/h4-7H,3H2,1-2H3/t7-/m0/s1. The number of imidazole rings is 1. The number of thiocarbonyl (C=S) groups is 1. The molecule has 0 aromatic carbocycles. The van der Waals surface area contributed by atoms with Crippen molar-refractivity contribution >= 4 is 23.4 Å². The van der Waals surface area contributed by atoms with Crippen LogP contribution in [0.2, 0.25) is 0 Å². The van der Waals surface area contributed by atoms with E-state index >= 15 is 0 Å². The van der Waals surface area contributed by atoms with Crippen molar-refractivity contribution < 1.29 is 14.3 Å². The van der Waals surface area contributed by atoms with Crippen molar-refractivity contribution in [1.82, 2.24) is 9.55 Å². The molecule has 82 valence electrons. The number of hydrogen-bond donors (Lipinski definition) is 0. The number of nitrogens with zero attached hydrogens (tertiary/aromatic N) is 2. The van der Waals surface area contributed by atoms with Gasteiger partial charge in [-0.15, -0.1) is 0 Å². The van der Waals surface area contributed by atoms with Gasteiger partial charge in [0.05, 0.1) is 6.61 Å². The van der Waals surface area contributed by atoms with E-state index in [0.717, 1.165) is 0 Å². The van der Waals surface area contributed by atoms with Crippen molar-refractivity contribution in [2.24, 2.45) is 0 Å². The summed E-state index contributed by atoms with van der Waals surface area (Å²) < 4.78 is 11.5. The van der Waals surface area contributed by atoms with Gasteiger partial charge in [0.15, 0.2) is 6.10 Å². The third kappa shape index (κ3) is 3.32. The summed E-state index contributed by atoms with van der Waals surface area (Å²) in [5.74, 6) is -0.431. The van der Waals surface area contributed by atoms with Crippen molar-refractivity contribution in [2.45, 2.75) is 20.0 Å². The SMILES string of the molecule is CCOC(=O)[C@H](C)OC(=S)n1ccnc1. The van der Waals surface area contributed by atoms with E-state index < -0.39 is 12.1 Å². The summed E-state index contributed by atoms with van der Waals surface area (Å²) in [5, 5.41) is 0.174. The van der Waals surface area contributed by atoms with E-state index in [1.165, 1.54) is 10.9 Å². The molecule has 0 N–H and O–H groups in total. The van der Waals surface area contributed by atoms with Gasteiger partial charge >= 0.3 is 5.97 Å². The first-order valence-corrected chi connectivity index (χ1v) is 4.91. The molecule has 1 aromatic rings. The molecule has 5 nitrogen and oxygen atoms in total. The summed E-state index contributed by atoms with van der Waals surface area (Å²) in [6.45, 7) is 3.64. The van der Waals surface area contributed by atoms with Crippen LogP contribution in [0.25, 0.3) is 0 Å². The molecular formula is C9H12N2O3S. The molecule has 0 radical (unpaired) electrons. The van der Waals surface area contributed by atoms with Gasteiger partial charge in [0.2, 0.25) is 0 Å². The van der Waals surface area contributed by atoms with Crippen LogP contribution in [0.4, 0.5) is 0 Å². The average Bonchev–Trinajstić information content (AvgIpc) is 2.70. The Morgan fingerprint density at radius 3 is 2.93 bits per heavy atom. The Bertz CT molecular complexity index is 337. The quantitative estimate of drug-likeness (QED) is 0.570. The van der Waals surface area contributed by atoms with Gasteiger partial charge in [-0.25, -0.2) is 9.78 Å². The zero-order valence-corrected chi connectivity index (χ0v) is 9.36. The van der Waals surface area contributed by atoms with E-state index in [-0.39, 0.29) is 5.17 Å². The first-order chi connectivity index (χ1) is 7.15. The summed E-state index contributed by atoms with van der Waals surface area (Å²) in [6.07, 6.45) is 4.00. The molecule has 1 heterocycles. The normalized spacial score (nSPS) is 11.9. The molecule has 0 aliphatic rings. The van der Waals surface area contributed by atoms with Gasteiger partial charge in [-0.3, -0.25) is 4.57 Å². The Morgan fingerprint density at radius 2 is 2.40 bits per heavy atom. The maximum absolute atomic E-state index is 11.2. The fourth-order valence-electron chi connectivity index (χ4n) is 0.887. The number of ether oxygens (including phenoxy) is 2. The lowest BCUT2D eigenvalue weighted by atomic mass is 10.4. The number of carbonyl (C=O) groups excluding carboxylic acids is 1. The lowest BCUT2D eigenvalue weighted by Gasteiger charge is -2.13. The Hall–Kier alpha value is -1.43. The van der Waals surface area contributed by atoms with E-state index in [9.17, 15) is 4.79 Å². The van der Waals surface area contributed by atoms with Crippen LogP contribution >= 0.6 is 12.2 Å². The Balaban J connectivity index is 2.48. The molecule has 0 saturated carbocycles. The number of carbonyl (C=O) groups is 1. The second kappa shape index (κ2) is 5.45. The van der Waals surface area contributed by atoms with Crippen LogP contribution in [-0.2, 0) is 14.3 Å². The first-order valence-electron chi connectivity index (χ1n) is 4.50. The molecule has 0 spiro atoms. The van der Waals surface area contributed by atoms with Gasteiger partial charge in [-0.2, -0.15) is 0 Å². The zero-order valence-electron chi connectivity index (χ0n) is 8.54. The van der Waals surface area contributed by atoms with Gasteiger partial charge in [0.25, 0.3) is 5.17 Å². The summed E-state index contributed by atoms with van der Waals surface area (Å²) in [7, 11) is 0. The second-order valence-corrected chi connectivity index (χ2v) is 3.10. The van der Waals surface area contributed by atoms with Gasteiger partial charge in [-0.05, 0) is 26.1 Å². The Labute approximate surface area is 93.0 Å². The first kappa shape index (κ1) is 11.6. The minimum absolute atomic E-state index is 0.174. The van der Waals surface area contributed by atoms with Crippen molar-refractivity contribution in [3.8, 4) is 0 Å². The molecule has 0 bridgehead atoms. The van der Waals surface area contributed by atoms with Crippen LogP contribution in [0.1, 0.15) is 13.8 Å². The zero-order chi connectivity index (χ0) is 11.3. The summed E-state index contributed by atoms with van der Waals surface area (Å²) >= 11 is 4.95. The number of hydrogen-bond acceptors (Lipinski definition) is 5. The monoisotopic (exact) mass is 228 g/mol. The van der Waals surface area contributed by atoms with Gasteiger partial charge in [0.1, 0.15) is 6.33 Å². The highest BCUT2D eigenvalue weighted by molar-refractivity contribution is 7.80. The molecule has 1 atom stereocenters. The van der Waals surface area contributed by atoms with E-state index in [1.54, 1.807) is 26.2 Å². The van der Waals surface area contributed by atoms with E-state index in [0.29, 0.717) is 6.61 Å². The van der Waals surface area contributed by atoms with Crippen LogP contribution in [-0.4, -0.2) is 33.4 Å². The summed E-state index contributed by atoms with van der Waals surface area (Å²) in [5.41, 5.74) is 0. The summed E-state index contributed by atoms with van der Waals surface area (Å²) in [6, 6.07) is 0. The van der Waals surface area contributed by atoms with E-state index in [2.05, 4.69) is 4.98 Å². The maximum atomic E-state index is 11.2. The van der Waals surface area contributed by atoms with Gasteiger partial charge in [-0.1, -0.05) is 0 Å². The predicted octanol–water partition coefficient (Wildman–Crippen LogP) is 0.984. The van der Waals surface area contributed by atoms with Crippen molar-refractivity contribution in [1.29, 1.82) is 0 Å². The molecule has 1 rings (SSSR count). The van der Waals surface area contributed by atoms with Crippen LogP contribution < -0.4 is 0 Å². The minimum Gasteiger partial charge on any atom is -0.463 e. The van der Waals surface area contributed by atoms with Crippen molar-refractivity contribution in [3.63, 3.8) is 0 Å². The van der Waals surface area contributed by atoms with E-state index in [4.69, 9.17) is 21.7 Å². The van der Waals surface area contributed by atoms with Crippen molar-refractivity contribution in [3.05, 3.63) is 18.7 Å². The molecule has 0 aliphatic carbocycles. The van der Waals surface area contributed by atoms with Crippen molar-refractivity contribution in [2.75, 3.05) is 6.61 Å². The number of esters is 1. The van der Waals surface area contributed by atoms with Gasteiger partial charge < -0.3 is 9.47 Å². The number of rotatable bonds is 3. The van der Waals surface area contributed by atoms with Gasteiger partial charge in [0, 0.05) is 12.4 Å². The second-order valence-electron chi connectivity index (χ2n) is 2.75. The van der Waals surface area contributed by atoms with E-state index in [1.807, 2.05) is 0 Å². The third-order valence-corrected chi connectivity index (χ3v) is 1.92. The molecule has 0 amide bonds. The fourth-order valence-corrected chi connectivity index (χ4v) is 1.14. The highest BCUT2D eigenvalue weighted by Crippen LogP contribution is 1.99. The molecule has 15 heavy (non-hydrogen) atoms. The molecule has 0 aliphatic heterocycles. The highest BCUT2D eigenvalue weighted by Gasteiger charge is 2.17. The lowest BCUT2D eigenvalue weighted by Crippen LogP contribution is -2.27. The van der Waals surface area contributed by atoms with Crippen LogP contribution in [0, 0.1) is 0 Å². The molecule has 0 unspecified atom stereocenters.